The fraction of sp³-hybridized carbons (Fsp3) is 0.143. The van der Waals surface area contributed by atoms with Crippen molar-refractivity contribution in [2.75, 3.05) is 12.8 Å². The third-order valence-corrected chi connectivity index (χ3v) is 2.03. The lowest BCUT2D eigenvalue weighted by Gasteiger charge is -1.98. The second kappa shape index (κ2) is 3.96. The highest BCUT2D eigenvalue weighted by Crippen LogP contribution is 2.15. The van der Waals surface area contributed by atoms with Crippen molar-refractivity contribution >= 4 is 22.6 Å². The number of amidine groups is 1. The third-order valence-electron chi connectivity index (χ3n) is 1.19. The summed E-state index contributed by atoms with van der Waals surface area (Å²) in [6, 6.07) is 3.58. The molecule has 0 atom stereocenters. The highest BCUT2D eigenvalue weighted by molar-refractivity contribution is 8.13. The Morgan fingerprint density at radius 1 is 1.58 bits per heavy atom. The van der Waals surface area contributed by atoms with Gasteiger partial charge >= 0.3 is 0 Å². The van der Waals surface area contributed by atoms with Gasteiger partial charge in [-0.15, -0.1) is 0 Å². The summed E-state index contributed by atoms with van der Waals surface area (Å²) in [6.07, 6.45) is 1.59. The molecule has 1 aromatic heterocycles. The van der Waals surface area contributed by atoms with Crippen LogP contribution in [-0.4, -0.2) is 17.2 Å². The van der Waals surface area contributed by atoms with Crippen molar-refractivity contribution in [2.24, 2.45) is 10.7 Å². The number of thioether (sulfide) groups is 1. The summed E-state index contributed by atoms with van der Waals surface area (Å²) in [4.78, 5) is 7.84. The standard InChI is InChI=1S/C7H10N4S/c1-10-7(9)12-6-3-2-5(8)4-11-6/h2-4H,8H2,1H3,(H2,9,10). The van der Waals surface area contributed by atoms with E-state index in [-0.39, 0.29) is 0 Å². The molecule has 1 heterocycles. The van der Waals surface area contributed by atoms with Crippen molar-refractivity contribution in [3.8, 4) is 0 Å². The number of nitrogens with zero attached hydrogens (tertiary/aromatic N) is 2. The van der Waals surface area contributed by atoms with Crippen molar-refractivity contribution in [1.82, 2.24) is 4.98 Å². The molecule has 0 amide bonds. The van der Waals surface area contributed by atoms with Gasteiger partial charge in [-0.25, -0.2) is 4.98 Å². The first-order valence-electron chi connectivity index (χ1n) is 3.34. The molecule has 0 aliphatic heterocycles. The van der Waals surface area contributed by atoms with Crippen LogP contribution in [0.3, 0.4) is 0 Å². The number of aliphatic imine (C=N–C) groups is 1. The fourth-order valence-electron chi connectivity index (χ4n) is 0.605. The van der Waals surface area contributed by atoms with Crippen molar-refractivity contribution in [3.63, 3.8) is 0 Å². The van der Waals surface area contributed by atoms with Gasteiger partial charge in [0.2, 0.25) is 0 Å². The van der Waals surface area contributed by atoms with Crippen LogP contribution in [0.25, 0.3) is 0 Å². The number of hydrogen-bond acceptors (Lipinski definition) is 4. The van der Waals surface area contributed by atoms with Crippen LogP contribution in [0, 0.1) is 0 Å². The van der Waals surface area contributed by atoms with Crippen LogP contribution in [0.2, 0.25) is 0 Å². The summed E-state index contributed by atoms with van der Waals surface area (Å²) >= 11 is 1.31. The zero-order valence-electron chi connectivity index (χ0n) is 6.69. The Kier molecular flexibility index (Phi) is 2.93. The van der Waals surface area contributed by atoms with E-state index in [2.05, 4.69) is 9.98 Å². The summed E-state index contributed by atoms with van der Waals surface area (Å²) in [6.45, 7) is 0. The molecule has 0 radical (unpaired) electrons. The number of nitrogen functional groups attached to an aromatic ring is 1. The molecular formula is C7H10N4S. The van der Waals surface area contributed by atoms with Gasteiger partial charge in [0.1, 0.15) is 5.03 Å². The van der Waals surface area contributed by atoms with Crippen LogP contribution in [0.4, 0.5) is 5.69 Å². The molecule has 1 aromatic rings. The van der Waals surface area contributed by atoms with Crippen LogP contribution in [0.1, 0.15) is 0 Å². The van der Waals surface area contributed by atoms with Crippen LogP contribution < -0.4 is 11.5 Å². The Balaban J connectivity index is 2.71. The molecular weight excluding hydrogens is 172 g/mol. The lowest BCUT2D eigenvalue weighted by molar-refractivity contribution is 1.14. The summed E-state index contributed by atoms with van der Waals surface area (Å²) < 4.78 is 0. The number of pyridine rings is 1. The normalized spacial score (nSPS) is 11.6. The van der Waals surface area contributed by atoms with Crippen molar-refractivity contribution in [2.45, 2.75) is 5.03 Å². The highest BCUT2D eigenvalue weighted by atomic mass is 32.2. The number of anilines is 1. The number of nitrogens with two attached hydrogens (primary N) is 2. The molecule has 12 heavy (non-hydrogen) atoms. The maximum Gasteiger partial charge on any atom is 0.160 e. The number of hydrogen-bond donors (Lipinski definition) is 2. The average Bonchev–Trinajstić information content (AvgIpc) is 2.09. The lowest BCUT2D eigenvalue weighted by Crippen LogP contribution is -2.05. The summed E-state index contributed by atoms with van der Waals surface area (Å²) in [5.41, 5.74) is 11.6. The topological polar surface area (TPSA) is 77.3 Å². The monoisotopic (exact) mass is 182 g/mol. The van der Waals surface area contributed by atoms with Crippen LogP contribution in [0.15, 0.2) is 28.3 Å². The van der Waals surface area contributed by atoms with E-state index in [1.165, 1.54) is 11.8 Å². The Morgan fingerprint density at radius 3 is 2.83 bits per heavy atom. The van der Waals surface area contributed by atoms with E-state index in [0.29, 0.717) is 10.9 Å². The molecule has 0 aromatic carbocycles. The molecule has 4 N–H and O–H groups in total. The maximum absolute atomic E-state index is 5.48. The molecule has 0 aliphatic carbocycles. The van der Waals surface area contributed by atoms with E-state index in [4.69, 9.17) is 11.5 Å². The van der Waals surface area contributed by atoms with Crippen molar-refractivity contribution < 1.29 is 0 Å². The zero-order chi connectivity index (χ0) is 8.97. The van der Waals surface area contributed by atoms with E-state index in [9.17, 15) is 0 Å². The zero-order valence-corrected chi connectivity index (χ0v) is 7.51. The maximum atomic E-state index is 5.48. The van der Waals surface area contributed by atoms with Gasteiger partial charge in [-0.1, -0.05) is 0 Å². The van der Waals surface area contributed by atoms with E-state index >= 15 is 0 Å². The minimum atomic E-state index is 0.493. The Hall–Kier alpha value is -1.23. The molecule has 5 heteroatoms. The average molecular weight is 182 g/mol. The first-order chi connectivity index (χ1) is 5.72. The first-order valence-corrected chi connectivity index (χ1v) is 4.15. The third kappa shape index (κ3) is 2.43. The molecule has 0 fully saturated rings. The molecule has 0 spiro atoms. The van der Waals surface area contributed by atoms with E-state index < -0.39 is 0 Å². The predicted octanol–water partition coefficient (Wildman–Crippen LogP) is 0.700. The van der Waals surface area contributed by atoms with Gasteiger partial charge in [-0.05, 0) is 23.9 Å². The largest absolute Gasteiger partial charge is 0.397 e. The van der Waals surface area contributed by atoms with Gasteiger partial charge in [0.05, 0.1) is 11.9 Å². The van der Waals surface area contributed by atoms with Gasteiger partial charge in [0.15, 0.2) is 5.17 Å². The molecule has 0 bridgehead atoms. The van der Waals surface area contributed by atoms with Gasteiger partial charge < -0.3 is 11.5 Å². The smallest absolute Gasteiger partial charge is 0.160 e. The Morgan fingerprint density at radius 2 is 2.33 bits per heavy atom. The molecule has 0 unspecified atom stereocenters. The second-order valence-corrected chi connectivity index (χ2v) is 3.13. The first kappa shape index (κ1) is 8.86. The molecule has 64 valence electrons. The minimum Gasteiger partial charge on any atom is -0.397 e. The lowest BCUT2D eigenvalue weighted by atomic mass is 10.4. The van der Waals surface area contributed by atoms with Gasteiger partial charge in [0, 0.05) is 7.05 Å². The number of aromatic nitrogens is 1. The van der Waals surface area contributed by atoms with Gasteiger partial charge in [-0.2, -0.15) is 0 Å². The summed E-state index contributed by atoms with van der Waals surface area (Å²) in [7, 11) is 1.64. The van der Waals surface area contributed by atoms with E-state index in [0.717, 1.165) is 5.03 Å². The Bertz CT molecular complexity index is 280. The fourth-order valence-corrected chi connectivity index (χ4v) is 1.15. The van der Waals surface area contributed by atoms with Crippen LogP contribution >= 0.6 is 11.8 Å². The quantitative estimate of drug-likeness (QED) is 0.381. The van der Waals surface area contributed by atoms with Gasteiger partial charge in [0.25, 0.3) is 0 Å². The van der Waals surface area contributed by atoms with E-state index in [1.807, 2.05) is 0 Å². The molecule has 0 aliphatic rings. The minimum absolute atomic E-state index is 0.493. The van der Waals surface area contributed by atoms with Crippen LogP contribution in [-0.2, 0) is 0 Å². The summed E-state index contributed by atoms with van der Waals surface area (Å²) in [5, 5.41) is 1.29. The molecule has 4 nitrogen and oxygen atoms in total. The van der Waals surface area contributed by atoms with Crippen molar-refractivity contribution in [1.29, 1.82) is 0 Å². The SMILES string of the molecule is CN=C(N)Sc1ccc(N)cn1. The van der Waals surface area contributed by atoms with Crippen molar-refractivity contribution in [3.05, 3.63) is 18.3 Å². The summed E-state index contributed by atoms with van der Waals surface area (Å²) in [5.74, 6) is 0. The van der Waals surface area contributed by atoms with Crippen LogP contribution in [0.5, 0.6) is 0 Å². The Labute approximate surface area is 75.1 Å². The molecule has 0 saturated heterocycles. The highest BCUT2D eigenvalue weighted by Gasteiger charge is 1.97. The molecule has 1 rings (SSSR count). The van der Waals surface area contributed by atoms with Gasteiger partial charge in [-0.3, -0.25) is 4.99 Å². The van der Waals surface area contributed by atoms with E-state index in [1.54, 1.807) is 25.4 Å². The second-order valence-electron chi connectivity index (χ2n) is 2.09. The number of rotatable bonds is 1. The predicted molar refractivity (Wildman–Crippen MR) is 52.1 cm³/mol. The molecule has 0 saturated carbocycles.